The maximum absolute atomic E-state index is 13.4. The summed E-state index contributed by atoms with van der Waals surface area (Å²) in [5.74, 6) is 0.308. The Morgan fingerprint density at radius 2 is 1.68 bits per heavy atom. The van der Waals surface area contributed by atoms with Gasteiger partial charge in [-0.05, 0) is 43.3 Å². The summed E-state index contributed by atoms with van der Waals surface area (Å²) >= 11 is 1.20. The van der Waals surface area contributed by atoms with Crippen molar-refractivity contribution >= 4 is 56.2 Å². The lowest BCUT2D eigenvalue weighted by Crippen LogP contribution is -2.23. The molecule has 1 amide bonds. The van der Waals surface area contributed by atoms with E-state index in [2.05, 4.69) is 5.32 Å². The van der Waals surface area contributed by atoms with Gasteiger partial charge in [-0.2, -0.15) is 0 Å². The van der Waals surface area contributed by atoms with E-state index < -0.39 is 0 Å². The van der Waals surface area contributed by atoms with Crippen molar-refractivity contribution in [3.05, 3.63) is 101 Å². The number of furan rings is 1. The molecule has 0 atom stereocenters. The third-order valence-electron chi connectivity index (χ3n) is 6.34. The predicted molar refractivity (Wildman–Crippen MR) is 152 cm³/mol. The van der Waals surface area contributed by atoms with Crippen LogP contribution in [0.25, 0.3) is 38.5 Å². The summed E-state index contributed by atoms with van der Waals surface area (Å²) in [6.07, 6.45) is 0. The molecule has 2 heterocycles. The zero-order valence-corrected chi connectivity index (χ0v) is 21.5. The molecule has 6 aromatic rings. The first-order chi connectivity index (χ1) is 18.5. The van der Waals surface area contributed by atoms with E-state index in [1.807, 2.05) is 73.7 Å². The number of nitrogens with one attached hydrogen (secondary N) is 1. The Kier molecular flexibility index (Phi) is 6.09. The minimum Gasteiger partial charge on any atom is -0.495 e. The zero-order valence-electron chi connectivity index (χ0n) is 20.7. The molecule has 2 aromatic heterocycles. The van der Waals surface area contributed by atoms with E-state index in [0.717, 1.165) is 21.9 Å². The van der Waals surface area contributed by atoms with Gasteiger partial charge < -0.3 is 14.5 Å². The molecule has 0 aliphatic heterocycles. The number of aromatic nitrogens is 2. The summed E-state index contributed by atoms with van der Waals surface area (Å²) in [6.45, 7) is 1.99. The highest BCUT2D eigenvalue weighted by Crippen LogP contribution is 2.36. The lowest BCUT2D eigenvalue weighted by atomic mass is 10.1. The number of aryl methyl sites for hydroxylation is 1. The number of fused-ring (bicyclic) bond motifs is 4. The summed E-state index contributed by atoms with van der Waals surface area (Å²) in [7, 11) is 1.56. The molecule has 0 aliphatic rings. The highest BCUT2D eigenvalue weighted by Gasteiger charge is 2.17. The summed E-state index contributed by atoms with van der Waals surface area (Å²) in [5, 5.41) is 5.77. The van der Waals surface area contributed by atoms with Crippen molar-refractivity contribution in [3.63, 3.8) is 0 Å². The van der Waals surface area contributed by atoms with Crippen LogP contribution in [-0.4, -0.2) is 28.3 Å². The molecule has 1 N–H and O–H groups in total. The largest absolute Gasteiger partial charge is 0.495 e. The Morgan fingerprint density at radius 1 is 0.947 bits per heavy atom. The summed E-state index contributed by atoms with van der Waals surface area (Å²) in [5.41, 5.74) is 4.10. The van der Waals surface area contributed by atoms with Crippen molar-refractivity contribution in [1.29, 1.82) is 0 Å². The molecule has 38 heavy (non-hydrogen) atoms. The molecule has 7 nitrogen and oxygen atoms in total. The summed E-state index contributed by atoms with van der Waals surface area (Å²) in [6, 6.07) is 26.3. The smallest absolute Gasteiger partial charge is 0.266 e. The van der Waals surface area contributed by atoms with Crippen LogP contribution in [0.2, 0.25) is 0 Å². The number of methoxy groups -OCH3 is 1. The van der Waals surface area contributed by atoms with Gasteiger partial charge in [-0.25, -0.2) is 4.98 Å². The molecule has 0 saturated carbocycles. The topological polar surface area (TPSA) is 86.4 Å². The van der Waals surface area contributed by atoms with Gasteiger partial charge in [0.25, 0.3) is 5.56 Å². The van der Waals surface area contributed by atoms with E-state index in [1.54, 1.807) is 29.9 Å². The number of hydrogen-bond acceptors (Lipinski definition) is 6. The molecule has 0 fully saturated rings. The molecule has 0 spiro atoms. The van der Waals surface area contributed by atoms with Crippen LogP contribution in [0.15, 0.2) is 99.3 Å². The molecular formula is C30H23N3O4S. The maximum Gasteiger partial charge on any atom is 0.266 e. The zero-order chi connectivity index (χ0) is 26.2. The van der Waals surface area contributed by atoms with Crippen LogP contribution >= 0.6 is 11.8 Å². The number of anilines is 1. The number of carbonyl (C=O) groups excluding carboxylic acids is 1. The Hall–Kier alpha value is -4.56. The highest BCUT2D eigenvalue weighted by atomic mass is 32.2. The van der Waals surface area contributed by atoms with E-state index in [1.165, 1.54) is 11.8 Å². The van der Waals surface area contributed by atoms with E-state index in [4.69, 9.17) is 14.1 Å². The molecule has 4 aromatic carbocycles. The number of rotatable bonds is 6. The van der Waals surface area contributed by atoms with Crippen LogP contribution in [0.1, 0.15) is 5.56 Å². The number of carbonyl (C=O) groups is 1. The number of benzene rings is 4. The van der Waals surface area contributed by atoms with Gasteiger partial charge in [0.2, 0.25) is 5.91 Å². The highest BCUT2D eigenvalue weighted by molar-refractivity contribution is 7.99. The maximum atomic E-state index is 13.4. The van der Waals surface area contributed by atoms with Crippen LogP contribution in [-0.2, 0) is 4.79 Å². The normalized spacial score (nSPS) is 11.3. The Balaban J connectivity index is 1.31. The first kappa shape index (κ1) is 23.8. The minimum atomic E-state index is -0.262. The second kappa shape index (κ2) is 9.72. The summed E-state index contributed by atoms with van der Waals surface area (Å²) in [4.78, 5) is 31.2. The molecule has 0 aliphatic carbocycles. The Bertz CT molecular complexity index is 1890. The van der Waals surface area contributed by atoms with Crippen LogP contribution in [0.4, 0.5) is 5.69 Å². The van der Waals surface area contributed by atoms with Crippen molar-refractivity contribution in [2.45, 2.75) is 12.1 Å². The van der Waals surface area contributed by atoms with Gasteiger partial charge in [0.15, 0.2) is 5.16 Å². The van der Waals surface area contributed by atoms with Crippen molar-refractivity contribution in [2.24, 2.45) is 0 Å². The molecule has 0 radical (unpaired) electrons. The molecule has 6 rings (SSSR count). The Labute approximate surface area is 222 Å². The second-order valence-electron chi connectivity index (χ2n) is 8.87. The van der Waals surface area contributed by atoms with Gasteiger partial charge in [-0.15, -0.1) is 0 Å². The van der Waals surface area contributed by atoms with Crippen molar-refractivity contribution in [1.82, 2.24) is 9.55 Å². The van der Waals surface area contributed by atoms with E-state index in [-0.39, 0.29) is 17.2 Å². The fourth-order valence-electron chi connectivity index (χ4n) is 4.47. The SMILES string of the molecule is COc1cc2c(cc1NC(=O)CSc1nc3ccccc3c(=O)n1-c1ccc(C)cc1)oc1ccccc12. The fraction of sp³-hybridized carbons (Fsp3) is 0.100. The van der Waals surface area contributed by atoms with Crippen LogP contribution in [0.3, 0.4) is 0 Å². The van der Waals surface area contributed by atoms with Gasteiger partial charge in [0.1, 0.15) is 16.9 Å². The predicted octanol–water partition coefficient (Wildman–Crippen LogP) is 6.33. The van der Waals surface area contributed by atoms with E-state index >= 15 is 0 Å². The lowest BCUT2D eigenvalue weighted by molar-refractivity contribution is -0.113. The molecule has 0 saturated heterocycles. The number of hydrogen-bond donors (Lipinski definition) is 1. The first-order valence-corrected chi connectivity index (χ1v) is 13.0. The number of nitrogens with zero attached hydrogens (tertiary/aromatic N) is 2. The average Bonchev–Trinajstić information content (AvgIpc) is 3.29. The van der Waals surface area contributed by atoms with Crippen molar-refractivity contribution in [3.8, 4) is 11.4 Å². The third-order valence-corrected chi connectivity index (χ3v) is 7.28. The number of thioether (sulfide) groups is 1. The molecule has 0 bridgehead atoms. The molecule has 0 unspecified atom stereocenters. The quantitative estimate of drug-likeness (QED) is 0.204. The standard InChI is InChI=1S/C30H23N3O4S/c1-18-11-13-19(14-12-18)33-29(35)21-8-3-5-9-23(21)32-30(33)38-17-28(34)31-24-16-26-22(15-27(24)36-2)20-7-4-6-10-25(20)37-26/h3-16H,17H2,1-2H3,(H,31,34). The lowest BCUT2D eigenvalue weighted by Gasteiger charge is -2.14. The number of ether oxygens (including phenoxy) is 1. The molecule has 188 valence electrons. The fourth-order valence-corrected chi connectivity index (χ4v) is 5.28. The number of para-hydroxylation sites is 2. The van der Waals surface area contributed by atoms with Crippen LogP contribution in [0.5, 0.6) is 5.75 Å². The monoisotopic (exact) mass is 521 g/mol. The van der Waals surface area contributed by atoms with Crippen LogP contribution in [0, 0.1) is 6.92 Å². The molecule has 8 heteroatoms. The van der Waals surface area contributed by atoms with Crippen LogP contribution < -0.4 is 15.6 Å². The van der Waals surface area contributed by atoms with Gasteiger partial charge in [0.05, 0.1) is 35.1 Å². The second-order valence-corrected chi connectivity index (χ2v) is 9.81. The average molecular weight is 522 g/mol. The Morgan fingerprint density at radius 3 is 2.47 bits per heavy atom. The van der Waals surface area contributed by atoms with E-state index in [0.29, 0.717) is 38.8 Å². The summed E-state index contributed by atoms with van der Waals surface area (Å²) < 4.78 is 13.1. The van der Waals surface area contributed by atoms with Crippen molar-refractivity contribution in [2.75, 3.05) is 18.2 Å². The molecular weight excluding hydrogens is 498 g/mol. The van der Waals surface area contributed by atoms with Gasteiger partial charge in [-0.1, -0.05) is 59.8 Å². The minimum absolute atomic E-state index is 0.0396. The van der Waals surface area contributed by atoms with Crippen molar-refractivity contribution < 1.29 is 13.9 Å². The van der Waals surface area contributed by atoms with Gasteiger partial charge in [-0.3, -0.25) is 14.2 Å². The van der Waals surface area contributed by atoms with E-state index in [9.17, 15) is 9.59 Å². The van der Waals surface area contributed by atoms with Gasteiger partial charge in [0, 0.05) is 16.8 Å². The first-order valence-electron chi connectivity index (χ1n) is 12.0. The van der Waals surface area contributed by atoms with Gasteiger partial charge >= 0.3 is 0 Å². The number of amides is 1. The third kappa shape index (κ3) is 4.29.